The summed E-state index contributed by atoms with van der Waals surface area (Å²) in [6, 6.07) is -0.0546. The molecule has 1 atom stereocenters. The van der Waals surface area contributed by atoms with Gasteiger partial charge < -0.3 is 19.1 Å². The van der Waals surface area contributed by atoms with Gasteiger partial charge in [0, 0.05) is 6.54 Å². The van der Waals surface area contributed by atoms with Crippen LogP contribution in [-0.2, 0) is 19.0 Å². The third-order valence-electron chi connectivity index (χ3n) is 3.21. The molecule has 1 amide bonds. The van der Waals surface area contributed by atoms with Gasteiger partial charge in [0.1, 0.15) is 17.8 Å². The summed E-state index contributed by atoms with van der Waals surface area (Å²) < 4.78 is 16.1. The van der Waals surface area contributed by atoms with E-state index in [-0.39, 0.29) is 18.7 Å². The van der Waals surface area contributed by atoms with Crippen LogP contribution in [0.15, 0.2) is 0 Å². The van der Waals surface area contributed by atoms with E-state index in [4.69, 9.17) is 14.2 Å². The second kappa shape index (κ2) is 7.99. The number of nitrogens with zero attached hydrogens (tertiary/aromatic N) is 1. The second-order valence-corrected chi connectivity index (χ2v) is 7.92. The Balaban J connectivity index is 2.46. The number of carbonyl (C=O) groups is 2. The Hall–Kier alpha value is -1.30. The largest absolute Gasteiger partial charge is 0.458 e. The van der Waals surface area contributed by atoms with Crippen LogP contribution < -0.4 is 0 Å². The van der Waals surface area contributed by atoms with E-state index in [0.29, 0.717) is 13.2 Å². The molecule has 0 aromatic carbocycles. The first-order valence-electron chi connectivity index (χ1n) is 8.27. The second-order valence-electron chi connectivity index (χ2n) is 7.92. The Bertz CT molecular complexity index is 408. The van der Waals surface area contributed by atoms with Crippen molar-refractivity contribution in [1.29, 1.82) is 0 Å². The predicted molar refractivity (Wildman–Crippen MR) is 87.2 cm³/mol. The molecule has 0 aliphatic carbocycles. The zero-order valence-corrected chi connectivity index (χ0v) is 15.3. The van der Waals surface area contributed by atoms with Gasteiger partial charge >= 0.3 is 12.1 Å². The van der Waals surface area contributed by atoms with Crippen molar-refractivity contribution in [3.05, 3.63) is 0 Å². The summed E-state index contributed by atoms with van der Waals surface area (Å²) in [4.78, 5) is 25.6. The number of ether oxygens (including phenoxy) is 3. The minimum atomic E-state index is -0.520. The lowest BCUT2D eigenvalue weighted by Gasteiger charge is -2.36. The maximum atomic E-state index is 12.3. The van der Waals surface area contributed by atoms with Crippen LogP contribution in [0.5, 0.6) is 0 Å². The molecule has 0 aromatic rings. The first-order valence-corrected chi connectivity index (χ1v) is 8.27. The van der Waals surface area contributed by atoms with Crippen LogP contribution in [0.3, 0.4) is 0 Å². The molecule has 1 unspecified atom stereocenters. The molecule has 0 N–H and O–H groups in total. The maximum absolute atomic E-state index is 12.3. The highest BCUT2D eigenvalue weighted by Crippen LogP contribution is 2.20. The molecule has 1 heterocycles. The van der Waals surface area contributed by atoms with Crippen molar-refractivity contribution < 1.29 is 23.8 Å². The van der Waals surface area contributed by atoms with E-state index in [0.717, 1.165) is 19.3 Å². The van der Waals surface area contributed by atoms with E-state index >= 15 is 0 Å². The van der Waals surface area contributed by atoms with Crippen LogP contribution in [0.4, 0.5) is 4.79 Å². The summed E-state index contributed by atoms with van der Waals surface area (Å²) >= 11 is 0. The molecule has 0 saturated carbocycles. The van der Waals surface area contributed by atoms with Crippen LogP contribution in [-0.4, -0.2) is 54.0 Å². The molecule has 1 aliphatic rings. The number of piperidine rings is 1. The predicted octanol–water partition coefficient (Wildman–Crippen LogP) is 3.13. The zero-order chi connectivity index (χ0) is 17.7. The number of esters is 1. The third-order valence-corrected chi connectivity index (χ3v) is 3.21. The van der Waals surface area contributed by atoms with Gasteiger partial charge in [0.15, 0.2) is 0 Å². The molecule has 134 valence electrons. The van der Waals surface area contributed by atoms with Gasteiger partial charge in [-0.25, -0.2) is 9.59 Å². The maximum Gasteiger partial charge on any atom is 0.410 e. The lowest BCUT2D eigenvalue weighted by Crippen LogP contribution is -2.48. The highest BCUT2D eigenvalue weighted by atomic mass is 16.6. The number of hydrogen-bond donors (Lipinski definition) is 0. The Kier molecular flexibility index (Phi) is 6.86. The Labute approximate surface area is 139 Å². The SMILES string of the molecule is CC(C)(C)OC(=O)COCC1CCCCN1C(=O)OC(C)(C)C. The number of hydrogen-bond acceptors (Lipinski definition) is 5. The lowest BCUT2D eigenvalue weighted by atomic mass is 10.0. The van der Waals surface area contributed by atoms with Crippen molar-refractivity contribution >= 4 is 12.1 Å². The molecule has 23 heavy (non-hydrogen) atoms. The van der Waals surface area contributed by atoms with Crippen molar-refractivity contribution in [2.45, 2.75) is 78.0 Å². The summed E-state index contributed by atoms with van der Waals surface area (Å²) in [7, 11) is 0. The molecular weight excluding hydrogens is 298 g/mol. The lowest BCUT2D eigenvalue weighted by molar-refractivity contribution is -0.160. The first kappa shape index (κ1) is 19.7. The van der Waals surface area contributed by atoms with Crippen LogP contribution in [0.25, 0.3) is 0 Å². The molecule has 1 saturated heterocycles. The monoisotopic (exact) mass is 329 g/mol. The topological polar surface area (TPSA) is 65.1 Å². The van der Waals surface area contributed by atoms with E-state index in [1.165, 1.54) is 0 Å². The normalized spacial score (nSPS) is 19.4. The van der Waals surface area contributed by atoms with Gasteiger partial charge in [0.05, 0.1) is 12.6 Å². The Morgan fingerprint density at radius 1 is 1.00 bits per heavy atom. The number of rotatable bonds is 4. The first-order chi connectivity index (χ1) is 10.5. The van der Waals surface area contributed by atoms with Gasteiger partial charge in [-0.15, -0.1) is 0 Å². The number of carbonyl (C=O) groups excluding carboxylic acids is 2. The number of likely N-dealkylation sites (tertiary alicyclic amines) is 1. The quantitative estimate of drug-likeness (QED) is 0.741. The van der Waals surface area contributed by atoms with Crippen molar-refractivity contribution in [2.75, 3.05) is 19.8 Å². The minimum absolute atomic E-state index is 0.0546. The van der Waals surface area contributed by atoms with Crippen molar-refractivity contribution in [3.63, 3.8) is 0 Å². The molecule has 0 aromatic heterocycles. The molecule has 0 radical (unpaired) electrons. The fraction of sp³-hybridized carbons (Fsp3) is 0.882. The Morgan fingerprint density at radius 2 is 1.61 bits per heavy atom. The van der Waals surface area contributed by atoms with Crippen LogP contribution in [0.2, 0.25) is 0 Å². The Morgan fingerprint density at radius 3 is 2.17 bits per heavy atom. The molecule has 1 rings (SSSR count). The van der Waals surface area contributed by atoms with Gasteiger partial charge in [0.2, 0.25) is 0 Å². The van der Waals surface area contributed by atoms with Gasteiger partial charge in [-0.3, -0.25) is 0 Å². The summed E-state index contributed by atoms with van der Waals surface area (Å²) in [5, 5.41) is 0. The smallest absolute Gasteiger partial charge is 0.410 e. The van der Waals surface area contributed by atoms with Gasteiger partial charge in [-0.1, -0.05) is 0 Å². The molecular formula is C17H31NO5. The van der Waals surface area contributed by atoms with E-state index in [1.807, 2.05) is 41.5 Å². The van der Waals surface area contributed by atoms with E-state index < -0.39 is 17.2 Å². The fourth-order valence-corrected chi connectivity index (χ4v) is 2.38. The van der Waals surface area contributed by atoms with Crippen LogP contribution in [0.1, 0.15) is 60.8 Å². The third kappa shape index (κ3) is 8.21. The van der Waals surface area contributed by atoms with Crippen LogP contribution in [0, 0.1) is 0 Å². The summed E-state index contributed by atoms with van der Waals surface area (Å²) in [5.74, 6) is -0.392. The van der Waals surface area contributed by atoms with Gasteiger partial charge in [0.25, 0.3) is 0 Å². The van der Waals surface area contributed by atoms with Crippen LogP contribution >= 0.6 is 0 Å². The van der Waals surface area contributed by atoms with Crippen molar-refractivity contribution in [2.24, 2.45) is 0 Å². The zero-order valence-electron chi connectivity index (χ0n) is 15.3. The minimum Gasteiger partial charge on any atom is -0.458 e. The molecule has 6 heteroatoms. The summed E-state index contributed by atoms with van der Waals surface area (Å²) in [5.41, 5.74) is -1.04. The van der Waals surface area contributed by atoms with E-state index in [2.05, 4.69) is 0 Å². The number of amides is 1. The summed E-state index contributed by atoms with van der Waals surface area (Å²) in [6.07, 6.45) is 2.54. The van der Waals surface area contributed by atoms with Gasteiger partial charge in [-0.2, -0.15) is 0 Å². The molecule has 1 aliphatic heterocycles. The van der Waals surface area contributed by atoms with Crippen molar-refractivity contribution in [3.8, 4) is 0 Å². The standard InChI is InChI=1S/C17H31NO5/c1-16(2,3)22-14(19)12-21-11-13-9-7-8-10-18(13)15(20)23-17(4,5)6/h13H,7-12H2,1-6H3. The molecule has 1 fully saturated rings. The molecule has 0 spiro atoms. The van der Waals surface area contributed by atoms with E-state index in [1.54, 1.807) is 4.90 Å². The average Bonchev–Trinajstić information content (AvgIpc) is 2.35. The molecule has 0 bridgehead atoms. The van der Waals surface area contributed by atoms with Crippen molar-refractivity contribution in [1.82, 2.24) is 4.90 Å². The fourth-order valence-electron chi connectivity index (χ4n) is 2.38. The van der Waals surface area contributed by atoms with E-state index in [9.17, 15) is 9.59 Å². The highest BCUT2D eigenvalue weighted by Gasteiger charge is 2.30. The molecule has 6 nitrogen and oxygen atoms in total. The summed E-state index contributed by atoms with van der Waals surface area (Å²) in [6.45, 7) is 11.9. The van der Waals surface area contributed by atoms with Gasteiger partial charge in [-0.05, 0) is 60.8 Å². The highest BCUT2D eigenvalue weighted by molar-refractivity contribution is 5.71. The average molecular weight is 329 g/mol.